The van der Waals surface area contributed by atoms with Crippen LogP contribution in [0.2, 0.25) is 0 Å². The maximum atomic E-state index is 12.0. The van der Waals surface area contributed by atoms with E-state index in [2.05, 4.69) is 0 Å². The van der Waals surface area contributed by atoms with E-state index in [1.54, 1.807) is 0 Å². The van der Waals surface area contributed by atoms with Crippen molar-refractivity contribution in [3.05, 3.63) is 0 Å². The lowest BCUT2D eigenvalue weighted by atomic mass is 9.57. The molecule has 5 saturated carbocycles. The van der Waals surface area contributed by atoms with Gasteiger partial charge in [-0.25, -0.2) is 0 Å². The second-order valence-electron chi connectivity index (χ2n) is 7.44. The van der Waals surface area contributed by atoms with Crippen molar-refractivity contribution in [1.29, 1.82) is 0 Å². The summed E-state index contributed by atoms with van der Waals surface area (Å²) in [6.07, 6.45) is 2.54. The summed E-state index contributed by atoms with van der Waals surface area (Å²) < 4.78 is 11.7. The number of carbonyl (C=O) groups excluding carboxylic acids is 1. The molecule has 0 spiro atoms. The van der Waals surface area contributed by atoms with Crippen LogP contribution in [0.25, 0.3) is 0 Å². The third-order valence-electron chi connectivity index (χ3n) is 7.59. The first-order valence-corrected chi connectivity index (χ1v) is 7.61. The van der Waals surface area contributed by atoms with Crippen molar-refractivity contribution in [2.24, 2.45) is 47.3 Å². The highest BCUT2D eigenvalue weighted by Gasteiger charge is 2.92. The van der Waals surface area contributed by atoms with E-state index < -0.39 is 0 Å². The Bertz CT molecular complexity index is 478. The van der Waals surface area contributed by atoms with Crippen LogP contribution in [0.15, 0.2) is 0 Å². The van der Waals surface area contributed by atoms with Gasteiger partial charge < -0.3 is 9.47 Å². The summed E-state index contributed by atoms with van der Waals surface area (Å²) in [4.78, 5) is 12.0. The number of carbonyl (C=O) groups is 1. The lowest BCUT2D eigenvalue weighted by molar-refractivity contribution is -0.151. The maximum Gasteiger partial charge on any atom is 0.308 e. The summed E-state index contributed by atoms with van der Waals surface area (Å²) in [7, 11) is 0. The molecule has 0 aromatic carbocycles. The van der Waals surface area contributed by atoms with Crippen LogP contribution in [-0.2, 0) is 14.3 Å². The van der Waals surface area contributed by atoms with E-state index in [4.69, 9.17) is 9.47 Å². The molecule has 96 valence electrons. The fourth-order valence-corrected chi connectivity index (χ4v) is 7.92. The average molecular weight is 246 g/mol. The molecule has 4 bridgehead atoms. The van der Waals surface area contributed by atoms with E-state index in [0.717, 1.165) is 47.3 Å². The Hall–Kier alpha value is -0.570. The summed E-state index contributed by atoms with van der Waals surface area (Å²) in [5.74, 6) is 6.91. The van der Waals surface area contributed by atoms with Crippen LogP contribution in [0.4, 0.5) is 0 Å². The molecule has 0 aromatic heterocycles. The first kappa shape index (κ1) is 9.35. The summed E-state index contributed by atoms with van der Waals surface area (Å²) >= 11 is 0. The van der Waals surface area contributed by atoms with Crippen molar-refractivity contribution < 1.29 is 14.3 Å². The van der Waals surface area contributed by atoms with Gasteiger partial charge in [-0.3, -0.25) is 4.79 Å². The quantitative estimate of drug-likeness (QED) is 0.707. The smallest absolute Gasteiger partial charge is 0.308 e. The molecule has 7 aliphatic rings. The summed E-state index contributed by atoms with van der Waals surface area (Å²) in [6.45, 7) is 2.39. The number of hydrogen-bond acceptors (Lipinski definition) is 3. The zero-order valence-corrected chi connectivity index (χ0v) is 10.5. The van der Waals surface area contributed by atoms with Crippen LogP contribution in [0.5, 0.6) is 0 Å². The minimum atomic E-state index is -0.0661. The molecule has 18 heavy (non-hydrogen) atoms. The molecule has 0 N–H and O–H groups in total. The van der Waals surface area contributed by atoms with Crippen LogP contribution in [0, 0.1) is 47.3 Å². The van der Waals surface area contributed by atoms with Gasteiger partial charge in [-0.2, -0.15) is 0 Å². The highest BCUT2D eigenvalue weighted by atomic mass is 16.5. The molecule has 9 unspecified atom stereocenters. The van der Waals surface area contributed by atoms with Gasteiger partial charge in [0.15, 0.2) is 0 Å². The first-order valence-electron chi connectivity index (χ1n) is 7.61. The van der Waals surface area contributed by atoms with Gasteiger partial charge >= 0.3 is 5.97 Å². The van der Waals surface area contributed by atoms with E-state index in [1.165, 1.54) is 6.42 Å². The molecular formula is C15H18O3. The fraction of sp³-hybridized carbons (Fsp3) is 0.933. The molecule has 0 radical (unpaired) electrons. The average Bonchev–Trinajstić information content (AvgIpc) is 2.89. The standard InChI is InChI=1S/C15H18O3/c1-2-17-7(16)4-15-12-6-3-5-8-9(6)13(15)11(8)14(18-15)10(5)12/h5-6,8-14H,2-4H2,1H3/t5-,6?,8?,9?,10?,11?,12?,13?,14?,15?/m1/s1. The Morgan fingerprint density at radius 2 is 2.11 bits per heavy atom. The first-order chi connectivity index (χ1) is 8.78. The summed E-state index contributed by atoms with van der Waals surface area (Å²) in [5, 5.41) is 0. The lowest BCUT2D eigenvalue weighted by Crippen LogP contribution is -2.49. The van der Waals surface area contributed by atoms with Crippen LogP contribution in [0.1, 0.15) is 19.8 Å². The molecule has 3 heteroatoms. The van der Waals surface area contributed by atoms with E-state index in [1.807, 2.05) is 6.92 Å². The topological polar surface area (TPSA) is 35.5 Å². The Morgan fingerprint density at radius 1 is 1.22 bits per heavy atom. The maximum absolute atomic E-state index is 12.0. The van der Waals surface area contributed by atoms with Gasteiger partial charge in [0.1, 0.15) is 0 Å². The molecular weight excluding hydrogens is 228 g/mol. The largest absolute Gasteiger partial charge is 0.466 e. The van der Waals surface area contributed by atoms with Crippen molar-refractivity contribution in [2.75, 3.05) is 6.61 Å². The van der Waals surface area contributed by atoms with E-state index >= 15 is 0 Å². The number of ether oxygens (including phenoxy) is 2. The third-order valence-corrected chi connectivity index (χ3v) is 7.59. The Morgan fingerprint density at radius 3 is 2.94 bits per heavy atom. The van der Waals surface area contributed by atoms with Gasteiger partial charge in [0.05, 0.1) is 24.7 Å². The van der Waals surface area contributed by atoms with Crippen molar-refractivity contribution in [3.8, 4) is 0 Å². The van der Waals surface area contributed by atoms with Gasteiger partial charge in [-0.15, -0.1) is 0 Å². The molecule has 3 nitrogen and oxygen atoms in total. The van der Waals surface area contributed by atoms with Crippen LogP contribution < -0.4 is 0 Å². The molecule has 2 saturated heterocycles. The molecule has 7 fully saturated rings. The van der Waals surface area contributed by atoms with Gasteiger partial charge in [-0.1, -0.05) is 0 Å². The number of esters is 1. The monoisotopic (exact) mass is 246 g/mol. The van der Waals surface area contributed by atoms with E-state index in [0.29, 0.717) is 19.1 Å². The number of hydrogen-bond donors (Lipinski definition) is 0. The Balaban J connectivity index is 1.45. The molecule has 2 heterocycles. The zero-order valence-electron chi connectivity index (χ0n) is 10.5. The fourth-order valence-electron chi connectivity index (χ4n) is 7.92. The molecule has 5 aliphatic carbocycles. The predicted octanol–water partition coefficient (Wildman–Crippen LogP) is 1.46. The predicted molar refractivity (Wildman–Crippen MR) is 61.4 cm³/mol. The van der Waals surface area contributed by atoms with Gasteiger partial charge in [0.2, 0.25) is 0 Å². The SMILES string of the molecule is CCOC(=O)CC12OC3C4C5C(C6C[C@H]5C3C61)C42. The van der Waals surface area contributed by atoms with Gasteiger partial charge in [0, 0.05) is 0 Å². The molecule has 0 amide bonds. The van der Waals surface area contributed by atoms with Crippen molar-refractivity contribution in [3.63, 3.8) is 0 Å². The zero-order chi connectivity index (χ0) is 11.8. The minimum Gasteiger partial charge on any atom is -0.466 e. The van der Waals surface area contributed by atoms with Crippen LogP contribution in [0.3, 0.4) is 0 Å². The normalized spacial score (nSPS) is 70.4. The van der Waals surface area contributed by atoms with Gasteiger partial charge in [-0.05, 0) is 60.7 Å². The second kappa shape index (κ2) is 2.39. The molecule has 7 rings (SSSR count). The Kier molecular flexibility index (Phi) is 1.24. The van der Waals surface area contributed by atoms with Crippen molar-refractivity contribution >= 4 is 5.97 Å². The highest BCUT2D eigenvalue weighted by Crippen LogP contribution is 2.90. The highest BCUT2D eigenvalue weighted by molar-refractivity contribution is 5.72. The van der Waals surface area contributed by atoms with Crippen molar-refractivity contribution in [2.45, 2.75) is 31.5 Å². The minimum absolute atomic E-state index is 0.0225. The van der Waals surface area contributed by atoms with Crippen molar-refractivity contribution in [1.82, 2.24) is 0 Å². The molecule has 0 aromatic rings. The summed E-state index contributed by atoms with van der Waals surface area (Å²) in [5.41, 5.74) is -0.0661. The Labute approximate surface area is 106 Å². The van der Waals surface area contributed by atoms with Gasteiger partial charge in [0.25, 0.3) is 0 Å². The van der Waals surface area contributed by atoms with E-state index in [-0.39, 0.29) is 11.6 Å². The van der Waals surface area contributed by atoms with E-state index in [9.17, 15) is 4.79 Å². The molecule has 10 atom stereocenters. The second-order valence-corrected chi connectivity index (χ2v) is 7.44. The lowest BCUT2D eigenvalue weighted by Gasteiger charge is -2.45. The van der Waals surface area contributed by atoms with Crippen LogP contribution >= 0.6 is 0 Å². The number of rotatable bonds is 3. The summed E-state index contributed by atoms with van der Waals surface area (Å²) in [6, 6.07) is 0. The van der Waals surface area contributed by atoms with Crippen LogP contribution in [-0.4, -0.2) is 24.3 Å². The molecule has 2 aliphatic heterocycles. The third kappa shape index (κ3) is 0.612.